The Kier molecular flexibility index (Phi) is 9.97. The molecule has 3 N–H and O–H groups in total. The van der Waals surface area contributed by atoms with Crippen molar-refractivity contribution in [1.82, 2.24) is 15.1 Å². The van der Waals surface area contributed by atoms with E-state index in [1.54, 1.807) is 14.0 Å². The van der Waals surface area contributed by atoms with E-state index in [2.05, 4.69) is 10.6 Å². The van der Waals surface area contributed by atoms with Crippen LogP contribution in [0.4, 0.5) is 23.7 Å². The number of ether oxygens (including phenoxy) is 1. The van der Waals surface area contributed by atoms with E-state index in [0.717, 1.165) is 0 Å². The van der Waals surface area contributed by atoms with E-state index >= 15 is 0 Å². The van der Waals surface area contributed by atoms with Gasteiger partial charge in [-0.05, 0) is 39.0 Å². The molecule has 3 atom stereocenters. The first kappa shape index (κ1) is 29.2. The van der Waals surface area contributed by atoms with Crippen molar-refractivity contribution in [2.24, 2.45) is 5.92 Å². The normalized spacial score (nSPS) is 19.1. The molecule has 0 bridgehead atoms. The van der Waals surface area contributed by atoms with E-state index in [1.165, 1.54) is 28.0 Å². The summed E-state index contributed by atoms with van der Waals surface area (Å²) in [4.78, 5) is 40.8. The molecule has 0 fully saturated rings. The molecule has 36 heavy (non-hydrogen) atoms. The lowest BCUT2D eigenvalue weighted by Crippen LogP contribution is -2.51. The maximum Gasteiger partial charge on any atom is 0.389 e. The van der Waals surface area contributed by atoms with Gasteiger partial charge in [0.2, 0.25) is 5.91 Å². The number of alkyl halides is 3. The van der Waals surface area contributed by atoms with Gasteiger partial charge in [0, 0.05) is 37.7 Å². The second kappa shape index (κ2) is 12.3. The minimum absolute atomic E-state index is 0.0559. The lowest BCUT2D eigenvalue weighted by Gasteiger charge is -2.38. The average Bonchev–Trinajstić information content (AvgIpc) is 2.78. The second-order valence-corrected chi connectivity index (χ2v) is 9.48. The number of hydrogen-bond acceptors (Lipinski definition) is 5. The summed E-state index contributed by atoms with van der Waals surface area (Å²) in [7, 11) is 1.63. The molecule has 4 amide bonds. The van der Waals surface area contributed by atoms with Crippen LogP contribution in [0, 0.1) is 5.92 Å². The molecule has 0 aliphatic carbocycles. The monoisotopic (exact) mass is 516 g/mol. The molecular formula is C24H35F3N4O5. The highest BCUT2D eigenvalue weighted by Crippen LogP contribution is 2.31. The molecule has 0 saturated carbocycles. The molecule has 0 saturated heterocycles. The van der Waals surface area contributed by atoms with Gasteiger partial charge >= 0.3 is 12.2 Å². The van der Waals surface area contributed by atoms with Crippen molar-refractivity contribution in [2.75, 3.05) is 32.1 Å². The summed E-state index contributed by atoms with van der Waals surface area (Å²) in [6.45, 7) is 7.41. The number of amides is 4. The number of hydrogen-bond donors (Lipinski definition) is 3. The van der Waals surface area contributed by atoms with Gasteiger partial charge in [0.05, 0.1) is 31.2 Å². The lowest BCUT2D eigenvalue weighted by atomic mass is 9.99. The maximum atomic E-state index is 13.4. The fourth-order valence-electron chi connectivity index (χ4n) is 3.71. The molecule has 1 aliphatic rings. The Morgan fingerprint density at radius 1 is 1.28 bits per heavy atom. The summed E-state index contributed by atoms with van der Waals surface area (Å²) in [5.74, 6) is -1.30. The Morgan fingerprint density at radius 3 is 2.53 bits per heavy atom. The van der Waals surface area contributed by atoms with E-state index < -0.39 is 43.0 Å². The molecule has 1 heterocycles. The van der Waals surface area contributed by atoms with Crippen LogP contribution in [-0.4, -0.2) is 83.9 Å². The quantitative estimate of drug-likeness (QED) is 0.491. The number of aliphatic hydroxyl groups is 1. The van der Waals surface area contributed by atoms with Gasteiger partial charge in [0.15, 0.2) is 0 Å². The number of carbonyl (C=O) groups excluding carboxylic acids is 3. The van der Waals surface area contributed by atoms with Crippen molar-refractivity contribution in [3.05, 3.63) is 23.8 Å². The first-order valence-electron chi connectivity index (χ1n) is 11.8. The number of carbonyl (C=O) groups is 3. The van der Waals surface area contributed by atoms with Gasteiger partial charge in [-0.25, -0.2) is 4.79 Å². The first-order chi connectivity index (χ1) is 16.7. The summed E-state index contributed by atoms with van der Waals surface area (Å²) in [6, 6.07) is 3.39. The average molecular weight is 517 g/mol. The molecule has 1 aliphatic heterocycles. The van der Waals surface area contributed by atoms with Gasteiger partial charge in [-0.2, -0.15) is 13.2 Å². The second-order valence-electron chi connectivity index (χ2n) is 9.48. The molecule has 202 valence electrons. The molecule has 1 aromatic carbocycles. The number of nitrogens with one attached hydrogen (secondary N) is 2. The van der Waals surface area contributed by atoms with Crippen molar-refractivity contribution in [2.45, 2.75) is 64.9 Å². The van der Waals surface area contributed by atoms with Crippen molar-refractivity contribution in [1.29, 1.82) is 0 Å². The Morgan fingerprint density at radius 2 is 1.94 bits per heavy atom. The van der Waals surface area contributed by atoms with Gasteiger partial charge in [-0.1, -0.05) is 6.92 Å². The Labute approximate surface area is 209 Å². The zero-order valence-corrected chi connectivity index (χ0v) is 21.2. The number of halogens is 3. The van der Waals surface area contributed by atoms with Gasteiger partial charge in [-0.15, -0.1) is 0 Å². The topological polar surface area (TPSA) is 111 Å². The van der Waals surface area contributed by atoms with Crippen LogP contribution in [-0.2, 0) is 4.79 Å². The van der Waals surface area contributed by atoms with Gasteiger partial charge in [0.1, 0.15) is 11.9 Å². The van der Waals surface area contributed by atoms with Gasteiger partial charge < -0.3 is 30.3 Å². The zero-order valence-electron chi connectivity index (χ0n) is 21.2. The Hall–Kier alpha value is -3.02. The SMILES string of the molecule is CC(C)NC(=O)N(C)C[C@H]1Oc2ccc(NC(=O)CCC(F)(F)F)cc2C(=O)N([C@H](C)CO)C[C@H]1C. The molecule has 0 aromatic heterocycles. The summed E-state index contributed by atoms with van der Waals surface area (Å²) >= 11 is 0. The number of anilines is 1. The maximum absolute atomic E-state index is 13.4. The van der Waals surface area contributed by atoms with Gasteiger partial charge in [-0.3, -0.25) is 9.59 Å². The van der Waals surface area contributed by atoms with Crippen LogP contribution in [0.15, 0.2) is 18.2 Å². The third kappa shape index (κ3) is 8.28. The number of nitrogens with zero attached hydrogens (tertiary/aromatic N) is 2. The minimum Gasteiger partial charge on any atom is -0.487 e. The van der Waals surface area contributed by atoms with Crippen LogP contribution < -0.4 is 15.4 Å². The summed E-state index contributed by atoms with van der Waals surface area (Å²) in [5, 5.41) is 14.9. The number of rotatable bonds is 8. The van der Waals surface area contributed by atoms with Crippen molar-refractivity contribution in [3.63, 3.8) is 0 Å². The van der Waals surface area contributed by atoms with E-state index in [9.17, 15) is 32.7 Å². The summed E-state index contributed by atoms with van der Waals surface area (Å²) in [5.41, 5.74) is 0.239. The highest BCUT2D eigenvalue weighted by Gasteiger charge is 2.34. The molecule has 0 spiro atoms. The molecule has 1 aromatic rings. The summed E-state index contributed by atoms with van der Waals surface area (Å²) in [6.07, 6.45) is -6.98. The highest BCUT2D eigenvalue weighted by atomic mass is 19.4. The molecule has 12 heteroatoms. The number of fused-ring (bicyclic) bond motifs is 1. The third-order valence-electron chi connectivity index (χ3n) is 5.80. The molecule has 0 unspecified atom stereocenters. The number of benzene rings is 1. The third-order valence-corrected chi connectivity index (χ3v) is 5.80. The standard InChI is InChI=1S/C24H35F3N4O5/c1-14(2)28-23(35)30(5)12-20-15(3)11-31(16(4)13-32)22(34)18-10-17(6-7-19(18)36-20)29-21(33)8-9-24(25,26)27/h6-7,10,14-16,20,32H,8-9,11-13H2,1-5H3,(H,28,35)(H,29,33)/t15-,16-,20-/m1/s1. The zero-order chi connectivity index (χ0) is 27.2. The number of urea groups is 1. The molecule has 2 rings (SSSR count). The van der Waals surface area contributed by atoms with Crippen LogP contribution >= 0.6 is 0 Å². The lowest BCUT2D eigenvalue weighted by molar-refractivity contribution is -0.142. The van der Waals surface area contributed by atoms with E-state index in [4.69, 9.17) is 4.74 Å². The fourth-order valence-corrected chi connectivity index (χ4v) is 3.71. The number of likely N-dealkylation sites (N-methyl/N-ethyl adjacent to an activating group) is 1. The number of aliphatic hydroxyl groups excluding tert-OH is 1. The smallest absolute Gasteiger partial charge is 0.389 e. The Balaban J connectivity index is 2.34. The van der Waals surface area contributed by atoms with E-state index in [-0.39, 0.29) is 54.7 Å². The minimum atomic E-state index is -4.46. The van der Waals surface area contributed by atoms with E-state index in [1.807, 2.05) is 20.8 Å². The highest BCUT2D eigenvalue weighted by molar-refractivity contribution is 5.99. The fraction of sp³-hybridized carbons (Fsp3) is 0.625. The van der Waals surface area contributed by atoms with Crippen molar-refractivity contribution in [3.8, 4) is 5.75 Å². The van der Waals surface area contributed by atoms with E-state index in [0.29, 0.717) is 0 Å². The van der Waals surface area contributed by atoms with Crippen LogP contribution in [0.3, 0.4) is 0 Å². The molecule has 0 radical (unpaired) electrons. The van der Waals surface area contributed by atoms with Crippen LogP contribution in [0.1, 0.15) is 50.9 Å². The van der Waals surface area contributed by atoms with Crippen molar-refractivity contribution < 1.29 is 37.4 Å². The van der Waals surface area contributed by atoms with Crippen LogP contribution in [0.25, 0.3) is 0 Å². The van der Waals surface area contributed by atoms with Crippen LogP contribution in [0.2, 0.25) is 0 Å². The molecular weight excluding hydrogens is 481 g/mol. The van der Waals surface area contributed by atoms with Crippen LogP contribution in [0.5, 0.6) is 5.75 Å². The first-order valence-corrected chi connectivity index (χ1v) is 11.8. The molecule has 9 nitrogen and oxygen atoms in total. The van der Waals surface area contributed by atoms with Gasteiger partial charge in [0.25, 0.3) is 5.91 Å². The predicted molar refractivity (Wildman–Crippen MR) is 128 cm³/mol. The Bertz CT molecular complexity index is 941. The summed E-state index contributed by atoms with van der Waals surface area (Å²) < 4.78 is 43.5. The van der Waals surface area contributed by atoms with Crippen molar-refractivity contribution >= 4 is 23.5 Å². The predicted octanol–water partition coefficient (Wildman–Crippen LogP) is 3.24. The largest absolute Gasteiger partial charge is 0.487 e.